The van der Waals surface area contributed by atoms with Crippen molar-refractivity contribution in [2.24, 2.45) is 0 Å². The molecule has 1 aliphatic heterocycles. The molecule has 0 bridgehead atoms. The average molecular weight is 429 g/mol. The number of carbonyl (C=O) groups is 1. The molecule has 29 heavy (non-hydrogen) atoms. The van der Waals surface area contributed by atoms with Crippen molar-refractivity contribution >= 4 is 21.7 Å². The Morgan fingerprint density at radius 1 is 1.21 bits per heavy atom. The first-order valence-electron chi connectivity index (χ1n) is 8.57. The first kappa shape index (κ1) is 20.8. The minimum Gasteiger partial charge on any atom is -0.358 e. The quantitative estimate of drug-likeness (QED) is 0.499. The van der Waals surface area contributed by atoms with Crippen LogP contribution in [0.25, 0.3) is 0 Å². The second kappa shape index (κ2) is 8.21. The normalized spacial score (nSPS) is 15.4. The van der Waals surface area contributed by atoms with Gasteiger partial charge in [-0.05, 0) is 28.1 Å². The van der Waals surface area contributed by atoms with Gasteiger partial charge in [0.2, 0.25) is 22.3 Å². The molecule has 10 nitrogen and oxygen atoms in total. The zero-order valence-corrected chi connectivity index (χ0v) is 15.9. The summed E-state index contributed by atoms with van der Waals surface area (Å²) in [5, 5.41) is 10.6. The molecule has 0 saturated carbocycles. The largest absolute Gasteiger partial charge is 0.381 e. The molecule has 1 aliphatic rings. The molecule has 0 aliphatic carbocycles. The van der Waals surface area contributed by atoms with Crippen molar-refractivity contribution in [1.82, 2.24) is 18.8 Å². The van der Waals surface area contributed by atoms with Crippen molar-refractivity contribution in [2.75, 3.05) is 26.2 Å². The summed E-state index contributed by atoms with van der Waals surface area (Å²) in [7, 11) is -4.22. The second-order valence-electron chi connectivity index (χ2n) is 6.34. The third kappa shape index (κ3) is 4.56. The number of aryl methyl sites for hydroxylation is 1. The second-order valence-corrected chi connectivity index (χ2v) is 8.24. The van der Waals surface area contributed by atoms with E-state index >= 15 is 0 Å². The van der Waals surface area contributed by atoms with Crippen LogP contribution in [0.2, 0.25) is 0 Å². The maximum Gasteiger partial charge on any atom is 0.381 e. The highest BCUT2D eigenvalue weighted by Crippen LogP contribution is 2.22. The molecule has 2 heterocycles. The minimum absolute atomic E-state index is 0.0544. The molecular formula is C16H17F2N5O5S. The van der Waals surface area contributed by atoms with Gasteiger partial charge in [-0.1, -0.05) is 0 Å². The Labute approximate surface area is 164 Å². The third-order valence-corrected chi connectivity index (χ3v) is 6.41. The Kier molecular flexibility index (Phi) is 5.88. The monoisotopic (exact) mass is 429 g/mol. The fraction of sp³-hybridized carbons (Fsp3) is 0.375. The lowest BCUT2D eigenvalue weighted by Gasteiger charge is -2.34. The first-order valence-corrected chi connectivity index (χ1v) is 10.0. The van der Waals surface area contributed by atoms with Gasteiger partial charge in [-0.25, -0.2) is 17.2 Å². The van der Waals surface area contributed by atoms with E-state index in [9.17, 15) is 32.1 Å². The van der Waals surface area contributed by atoms with Gasteiger partial charge in [-0.15, -0.1) is 0 Å². The predicted octanol–water partition coefficient (Wildman–Crippen LogP) is 0.993. The summed E-state index contributed by atoms with van der Waals surface area (Å²) in [4.78, 5) is 26.6. The SMILES string of the molecule is O=C(CCn1cnc([N+](=O)[O-])c1)N1CCN(S(=O)(=O)c2cc(F)ccc2F)CC1. The molecule has 1 amide bonds. The average Bonchev–Trinajstić information content (AvgIpc) is 3.17. The molecule has 156 valence electrons. The predicted molar refractivity (Wildman–Crippen MR) is 95.2 cm³/mol. The van der Waals surface area contributed by atoms with Crippen LogP contribution in [0.15, 0.2) is 35.6 Å². The van der Waals surface area contributed by atoms with E-state index in [4.69, 9.17) is 0 Å². The van der Waals surface area contributed by atoms with Crippen LogP contribution >= 0.6 is 0 Å². The van der Waals surface area contributed by atoms with Gasteiger partial charge in [0.1, 0.15) is 22.7 Å². The fourth-order valence-corrected chi connectivity index (χ4v) is 4.44. The topological polar surface area (TPSA) is 119 Å². The standard InChI is InChI=1S/C16H17F2N5O5S/c17-12-1-2-13(18)14(9-12)29(27,28)22-7-5-21(6-8-22)16(24)3-4-20-10-15(19-11-20)23(25)26/h1-2,9-11H,3-8H2. The summed E-state index contributed by atoms with van der Waals surface area (Å²) >= 11 is 0. The third-order valence-electron chi connectivity index (χ3n) is 4.49. The molecule has 1 aromatic carbocycles. The highest BCUT2D eigenvalue weighted by molar-refractivity contribution is 7.89. The molecule has 0 radical (unpaired) electrons. The van der Waals surface area contributed by atoms with Crippen molar-refractivity contribution in [3.05, 3.63) is 52.5 Å². The number of hydrogen-bond donors (Lipinski definition) is 0. The van der Waals surface area contributed by atoms with Crippen molar-refractivity contribution in [3.8, 4) is 0 Å². The molecule has 13 heteroatoms. The number of halogens is 2. The van der Waals surface area contributed by atoms with Crippen molar-refractivity contribution in [3.63, 3.8) is 0 Å². The van der Waals surface area contributed by atoms with E-state index < -0.39 is 31.5 Å². The number of nitrogens with zero attached hydrogens (tertiary/aromatic N) is 5. The molecular weight excluding hydrogens is 412 g/mol. The van der Waals surface area contributed by atoms with Gasteiger partial charge < -0.3 is 19.6 Å². The van der Waals surface area contributed by atoms with Crippen LogP contribution in [0.3, 0.4) is 0 Å². The summed E-state index contributed by atoms with van der Waals surface area (Å²) in [6.45, 7) is 0.270. The Morgan fingerprint density at radius 3 is 2.52 bits per heavy atom. The zero-order valence-electron chi connectivity index (χ0n) is 15.1. The van der Waals surface area contributed by atoms with Crippen LogP contribution in [0.5, 0.6) is 0 Å². The minimum atomic E-state index is -4.22. The van der Waals surface area contributed by atoms with E-state index in [1.54, 1.807) is 0 Å². The molecule has 0 spiro atoms. The van der Waals surface area contributed by atoms with Gasteiger partial charge in [0.25, 0.3) is 0 Å². The van der Waals surface area contributed by atoms with Crippen molar-refractivity contribution in [1.29, 1.82) is 0 Å². The number of benzene rings is 1. The molecule has 0 N–H and O–H groups in total. The Balaban J connectivity index is 1.57. The van der Waals surface area contributed by atoms with Crippen LogP contribution in [0, 0.1) is 21.7 Å². The smallest absolute Gasteiger partial charge is 0.358 e. The maximum atomic E-state index is 13.9. The van der Waals surface area contributed by atoms with Crippen molar-refractivity contribution < 1.29 is 26.9 Å². The molecule has 1 aromatic heterocycles. The van der Waals surface area contributed by atoms with E-state index in [0.29, 0.717) is 6.07 Å². The van der Waals surface area contributed by atoms with Crippen LogP contribution in [-0.4, -0.2) is 64.2 Å². The number of hydrogen-bond acceptors (Lipinski definition) is 6. The van der Waals surface area contributed by atoms with E-state index in [1.165, 1.54) is 22.0 Å². The Morgan fingerprint density at radius 2 is 1.90 bits per heavy atom. The van der Waals surface area contributed by atoms with Crippen LogP contribution < -0.4 is 0 Å². The molecule has 0 atom stereocenters. The number of imidazole rings is 1. The summed E-state index contributed by atoms with van der Waals surface area (Å²) in [6.07, 6.45) is 2.52. The number of sulfonamides is 1. The van der Waals surface area contributed by atoms with E-state index in [1.807, 2.05) is 0 Å². The van der Waals surface area contributed by atoms with Crippen molar-refractivity contribution in [2.45, 2.75) is 17.9 Å². The summed E-state index contributed by atoms with van der Waals surface area (Å²) in [6, 6.07) is 2.22. The van der Waals surface area contributed by atoms with E-state index in [-0.39, 0.29) is 50.9 Å². The first-order chi connectivity index (χ1) is 13.7. The molecule has 1 saturated heterocycles. The number of nitro groups is 1. The van der Waals surface area contributed by atoms with Crippen LogP contribution in [-0.2, 0) is 21.4 Å². The van der Waals surface area contributed by atoms with Gasteiger partial charge in [-0.2, -0.15) is 4.31 Å². The maximum absolute atomic E-state index is 13.9. The number of carbonyl (C=O) groups excluding carboxylic acids is 1. The molecule has 1 fully saturated rings. The zero-order chi connectivity index (χ0) is 21.2. The lowest BCUT2D eigenvalue weighted by Crippen LogP contribution is -2.50. The summed E-state index contributed by atoms with van der Waals surface area (Å²) in [5.74, 6) is -2.48. The van der Waals surface area contributed by atoms with Gasteiger partial charge in [0.05, 0.1) is 0 Å². The van der Waals surface area contributed by atoms with Gasteiger partial charge >= 0.3 is 5.82 Å². The molecule has 0 unspecified atom stereocenters. The van der Waals surface area contributed by atoms with E-state index in [0.717, 1.165) is 16.4 Å². The lowest BCUT2D eigenvalue weighted by molar-refractivity contribution is -0.389. The number of aromatic nitrogens is 2. The number of piperazine rings is 1. The van der Waals surface area contributed by atoms with Gasteiger partial charge in [-0.3, -0.25) is 4.79 Å². The van der Waals surface area contributed by atoms with Crippen LogP contribution in [0.4, 0.5) is 14.6 Å². The van der Waals surface area contributed by atoms with Crippen LogP contribution in [0.1, 0.15) is 6.42 Å². The van der Waals surface area contributed by atoms with Gasteiger partial charge in [0.15, 0.2) is 0 Å². The highest BCUT2D eigenvalue weighted by Gasteiger charge is 2.32. The Bertz CT molecular complexity index is 1030. The number of amides is 1. The van der Waals surface area contributed by atoms with Gasteiger partial charge in [0, 0.05) is 39.1 Å². The molecule has 2 aromatic rings. The summed E-state index contributed by atoms with van der Waals surface area (Å²) in [5.41, 5.74) is 0. The van der Waals surface area contributed by atoms with E-state index in [2.05, 4.69) is 4.98 Å². The molecule has 3 rings (SSSR count). The highest BCUT2D eigenvalue weighted by atomic mass is 32.2. The lowest BCUT2D eigenvalue weighted by atomic mass is 10.3. The fourth-order valence-electron chi connectivity index (χ4n) is 2.94. The Hall–Kier alpha value is -2.93. The summed E-state index contributed by atoms with van der Waals surface area (Å²) < 4.78 is 54.7. The number of rotatable bonds is 6.